The number of hydrogen-bond donors (Lipinski definition) is 1. The Hall–Kier alpha value is -2.16. The summed E-state index contributed by atoms with van der Waals surface area (Å²) in [4.78, 5) is 14.8. The van der Waals surface area contributed by atoms with Crippen molar-refractivity contribution >= 4 is 57.9 Å². The number of anilines is 1. The molecule has 2 N–H and O–H groups in total. The second kappa shape index (κ2) is 8.17. The number of allylic oxidation sites excluding steroid dienone is 3. The maximum atomic E-state index is 13.1. The highest BCUT2D eigenvalue weighted by Crippen LogP contribution is 2.48. The fourth-order valence-corrected chi connectivity index (χ4v) is 4.86. The second-order valence-electron chi connectivity index (χ2n) is 7.08. The van der Waals surface area contributed by atoms with Crippen LogP contribution in [0.4, 0.5) is 5.69 Å². The number of Topliss-reactive ketones (excluding diaryl/α,β-unsaturated/α-hetero) is 1. The Morgan fingerprint density at radius 2 is 1.77 bits per heavy atom. The van der Waals surface area contributed by atoms with Crippen LogP contribution in [-0.2, 0) is 4.79 Å². The van der Waals surface area contributed by atoms with Crippen LogP contribution < -0.4 is 10.6 Å². The predicted molar refractivity (Wildman–Crippen MR) is 121 cm³/mol. The van der Waals surface area contributed by atoms with E-state index in [1.807, 2.05) is 0 Å². The summed E-state index contributed by atoms with van der Waals surface area (Å²) in [5, 5.41) is 11.6. The first kappa shape index (κ1) is 21.1. The fraction of sp³-hybridized carbons (Fsp3) is 0.182. The molecule has 0 saturated heterocycles. The first-order valence-electron chi connectivity index (χ1n) is 9.19. The van der Waals surface area contributed by atoms with Crippen LogP contribution in [0.5, 0.6) is 0 Å². The lowest BCUT2D eigenvalue weighted by atomic mass is 9.75. The molecule has 1 heterocycles. The van der Waals surface area contributed by atoms with Gasteiger partial charge in [0.25, 0.3) is 0 Å². The van der Waals surface area contributed by atoms with E-state index in [0.717, 1.165) is 5.70 Å². The van der Waals surface area contributed by atoms with E-state index in [1.165, 1.54) is 0 Å². The molecular weight excluding hydrogens is 464 g/mol. The van der Waals surface area contributed by atoms with E-state index in [2.05, 4.69) is 6.07 Å². The number of hydrogen-bond acceptors (Lipinski definition) is 4. The van der Waals surface area contributed by atoms with E-state index >= 15 is 0 Å². The average Bonchev–Trinajstić information content (AvgIpc) is 2.70. The zero-order valence-electron chi connectivity index (χ0n) is 15.6. The van der Waals surface area contributed by atoms with E-state index in [1.54, 1.807) is 41.3 Å². The molecule has 8 heteroatoms. The van der Waals surface area contributed by atoms with Gasteiger partial charge in [0, 0.05) is 33.4 Å². The summed E-state index contributed by atoms with van der Waals surface area (Å²) in [6.45, 7) is 0. The molecule has 2 aliphatic rings. The van der Waals surface area contributed by atoms with Gasteiger partial charge in [-0.2, -0.15) is 5.26 Å². The van der Waals surface area contributed by atoms with Crippen LogP contribution in [-0.4, -0.2) is 5.78 Å². The smallest absolute Gasteiger partial charge is 0.161 e. The van der Waals surface area contributed by atoms with Crippen LogP contribution in [0.3, 0.4) is 0 Å². The zero-order valence-corrected chi connectivity index (χ0v) is 18.6. The van der Waals surface area contributed by atoms with Crippen LogP contribution >= 0.6 is 46.4 Å². The highest BCUT2D eigenvalue weighted by molar-refractivity contribution is 6.42. The number of ketones is 1. The van der Waals surface area contributed by atoms with Crippen LogP contribution in [0.15, 0.2) is 59.1 Å². The van der Waals surface area contributed by atoms with Crippen molar-refractivity contribution in [1.29, 1.82) is 5.26 Å². The molecule has 152 valence electrons. The van der Waals surface area contributed by atoms with Gasteiger partial charge < -0.3 is 5.73 Å². The summed E-state index contributed by atoms with van der Waals surface area (Å²) >= 11 is 24.8. The molecule has 4 rings (SSSR count). The monoisotopic (exact) mass is 477 g/mol. The standard InChI is InChI=1S/C22H15Cl4N3O/c23-11-4-6-13(16(25)8-11)20-14(10-27)22(28)29(12-5-7-15(24)17(26)9-12)18-2-1-3-19(30)21(18)20/h4-9,20H,1-3,28H2. The lowest BCUT2D eigenvalue weighted by Crippen LogP contribution is -2.38. The number of nitrogens with two attached hydrogens (primary N) is 1. The Labute approximate surface area is 194 Å². The lowest BCUT2D eigenvalue weighted by molar-refractivity contribution is -0.116. The summed E-state index contributed by atoms with van der Waals surface area (Å²) in [6, 6.07) is 12.3. The molecule has 0 saturated carbocycles. The predicted octanol–water partition coefficient (Wildman–Crippen LogP) is 6.60. The van der Waals surface area contributed by atoms with Crippen LogP contribution in [0, 0.1) is 11.3 Å². The average molecular weight is 479 g/mol. The molecule has 0 aromatic heterocycles. The quantitative estimate of drug-likeness (QED) is 0.527. The Kier molecular flexibility index (Phi) is 5.74. The minimum Gasteiger partial charge on any atom is -0.384 e. The van der Waals surface area contributed by atoms with E-state index in [9.17, 15) is 10.1 Å². The molecular formula is C22H15Cl4N3O. The van der Waals surface area contributed by atoms with Gasteiger partial charge in [0.1, 0.15) is 5.82 Å². The van der Waals surface area contributed by atoms with Gasteiger partial charge in [-0.1, -0.05) is 52.5 Å². The molecule has 30 heavy (non-hydrogen) atoms. The summed E-state index contributed by atoms with van der Waals surface area (Å²) in [6.07, 6.45) is 1.71. The first-order chi connectivity index (χ1) is 14.3. The van der Waals surface area contributed by atoms with Gasteiger partial charge in [0.2, 0.25) is 0 Å². The van der Waals surface area contributed by atoms with Gasteiger partial charge in [0.15, 0.2) is 5.78 Å². The van der Waals surface area contributed by atoms with Crippen LogP contribution in [0.1, 0.15) is 30.7 Å². The van der Waals surface area contributed by atoms with Gasteiger partial charge in [-0.05, 0) is 48.7 Å². The second-order valence-corrected chi connectivity index (χ2v) is 8.74. The number of rotatable bonds is 2. The molecule has 0 fully saturated rings. The molecule has 0 radical (unpaired) electrons. The van der Waals surface area contributed by atoms with Crippen LogP contribution in [0.25, 0.3) is 0 Å². The van der Waals surface area contributed by atoms with Crippen molar-refractivity contribution in [3.63, 3.8) is 0 Å². The van der Waals surface area contributed by atoms with Crippen molar-refractivity contribution in [2.45, 2.75) is 25.2 Å². The number of carbonyl (C=O) groups excluding carboxylic acids is 1. The molecule has 0 bridgehead atoms. The summed E-state index contributed by atoms with van der Waals surface area (Å²) in [5.41, 5.74) is 9.29. The number of halogens is 4. The van der Waals surface area contributed by atoms with E-state index < -0.39 is 5.92 Å². The van der Waals surface area contributed by atoms with Crippen molar-refractivity contribution in [3.8, 4) is 6.07 Å². The third-order valence-corrected chi connectivity index (χ3v) is 6.65. The van der Waals surface area contributed by atoms with Crippen molar-refractivity contribution in [2.75, 3.05) is 4.90 Å². The first-order valence-corrected chi connectivity index (χ1v) is 10.7. The minimum absolute atomic E-state index is 0.0300. The minimum atomic E-state index is -0.651. The van der Waals surface area contributed by atoms with Crippen LogP contribution in [0.2, 0.25) is 20.1 Å². The van der Waals surface area contributed by atoms with E-state index in [4.69, 9.17) is 52.1 Å². The van der Waals surface area contributed by atoms with Gasteiger partial charge in [0.05, 0.1) is 27.6 Å². The SMILES string of the molecule is N#CC1=C(N)N(c2ccc(Cl)c(Cl)c2)C2=C(C(=O)CCC2)C1c1ccc(Cl)cc1Cl. The molecule has 1 aliphatic carbocycles. The molecule has 1 aliphatic heterocycles. The molecule has 1 unspecified atom stereocenters. The van der Waals surface area contributed by atoms with Crippen molar-refractivity contribution < 1.29 is 4.79 Å². The molecule has 2 aromatic carbocycles. The topological polar surface area (TPSA) is 70.1 Å². The molecule has 4 nitrogen and oxygen atoms in total. The number of benzene rings is 2. The summed E-state index contributed by atoms with van der Waals surface area (Å²) < 4.78 is 0. The maximum absolute atomic E-state index is 13.1. The molecule has 0 amide bonds. The molecule has 2 aromatic rings. The van der Waals surface area contributed by atoms with Gasteiger partial charge in [-0.15, -0.1) is 0 Å². The highest BCUT2D eigenvalue weighted by atomic mass is 35.5. The Balaban J connectivity index is 1.99. The number of nitriles is 1. The van der Waals surface area contributed by atoms with E-state index in [-0.39, 0.29) is 17.2 Å². The van der Waals surface area contributed by atoms with Crippen molar-refractivity contribution in [2.24, 2.45) is 5.73 Å². The van der Waals surface area contributed by atoms with Crippen molar-refractivity contribution in [3.05, 3.63) is 84.7 Å². The fourth-order valence-electron chi connectivity index (χ4n) is 4.05. The zero-order chi connectivity index (χ0) is 21.6. The third kappa shape index (κ3) is 3.46. The van der Waals surface area contributed by atoms with E-state index in [0.29, 0.717) is 56.2 Å². The number of carbonyl (C=O) groups is 1. The van der Waals surface area contributed by atoms with Crippen molar-refractivity contribution in [1.82, 2.24) is 0 Å². The Morgan fingerprint density at radius 3 is 2.43 bits per heavy atom. The molecule has 1 atom stereocenters. The summed E-state index contributed by atoms with van der Waals surface area (Å²) in [5.74, 6) is -0.445. The number of nitrogens with zero attached hydrogens (tertiary/aromatic N) is 2. The lowest BCUT2D eigenvalue weighted by Gasteiger charge is -2.40. The van der Waals surface area contributed by atoms with Gasteiger partial charge >= 0.3 is 0 Å². The highest BCUT2D eigenvalue weighted by Gasteiger charge is 2.41. The molecule has 0 spiro atoms. The Bertz CT molecular complexity index is 1180. The third-order valence-electron chi connectivity index (χ3n) is 5.35. The normalized spacial score (nSPS) is 19.1. The maximum Gasteiger partial charge on any atom is 0.161 e. The largest absolute Gasteiger partial charge is 0.384 e. The van der Waals surface area contributed by atoms with Gasteiger partial charge in [-0.25, -0.2) is 0 Å². The summed E-state index contributed by atoms with van der Waals surface area (Å²) in [7, 11) is 0. The Morgan fingerprint density at radius 1 is 1.00 bits per heavy atom. The van der Waals surface area contributed by atoms with Gasteiger partial charge in [-0.3, -0.25) is 9.69 Å².